The second-order valence-electron chi connectivity index (χ2n) is 3.58. The first kappa shape index (κ1) is 9.71. The minimum absolute atomic E-state index is 0.172. The van der Waals surface area contributed by atoms with Crippen LogP contribution in [0.3, 0.4) is 0 Å². The summed E-state index contributed by atoms with van der Waals surface area (Å²) in [6.07, 6.45) is 0. The molecule has 78 valence electrons. The van der Waals surface area contributed by atoms with E-state index in [-0.39, 0.29) is 18.0 Å². The number of likely N-dealkylation sites (N-methyl/N-ethyl adjacent to an activating group) is 1. The summed E-state index contributed by atoms with van der Waals surface area (Å²) in [6.45, 7) is 1.73. The van der Waals surface area contributed by atoms with E-state index < -0.39 is 0 Å². The highest BCUT2D eigenvalue weighted by Crippen LogP contribution is 2.23. The van der Waals surface area contributed by atoms with Gasteiger partial charge in [-0.25, -0.2) is 9.69 Å². The Balaban J connectivity index is 2.39. The largest absolute Gasteiger partial charge is 0.331 e. The van der Waals surface area contributed by atoms with Crippen molar-refractivity contribution in [3.8, 4) is 0 Å². The predicted octanol–water partition coefficient (Wildman–Crippen LogP) is 1.47. The van der Waals surface area contributed by atoms with Crippen LogP contribution in [0.25, 0.3) is 0 Å². The van der Waals surface area contributed by atoms with Gasteiger partial charge in [-0.1, -0.05) is 18.2 Å². The number of benzene rings is 1. The Morgan fingerprint density at radius 3 is 2.20 bits per heavy atom. The highest BCUT2D eigenvalue weighted by Gasteiger charge is 2.40. The van der Waals surface area contributed by atoms with Gasteiger partial charge in [0.15, 0.2) is 0 Å². The molecule has 0 saturated carbocycles. The maximum Gasteiger partial charge on any atom is 0.331 e. The van der Waals surface area contributed by atoms with Crippen molar-refractivity contribution in [3.05, 3.63) is 30.3 Å². The number of amides is 3. The second kappa shape index (κ2) is 3.38. The van der Waals surface area contributed by atoms with Gasteiger partial charge in [0.1, 0.15) is 6.04 Å². The average Bonchev–Trinajstić information content (AvgIpc) is 2.45. The molecule has 15 heavy (non-hydrogen) atoms. The molecule has 1 aromatic carbocycles. The highest BCUT2D eigenvalue weighted by atomic mass is 16.2. The molecule has 0 bridgehead atoms. The van der Waals surface area contributed by atoms with Gasteiger partial charge in [0, 0.05) is 7.05 Å². The third kappa shape index (κ3) is 1.38. The number of anilines is 1. The SMILES string of the molecule is CC1C(=O)N(c2ccccc2)C(=O)N1C. The molecule has 0 aliphatic carbocycles. The zero-order valence-corrected chi connectivity index (χ0v) is 8.68. The third-order valence-electron chi connectivity index (χ3n) is 2.67. The fraction of sp³-hybridized carbons (Fsp3) is 0.273. The summed E-state index contributed by atoms with van der Waals surface area (Å²) >= 11 is 0. The van der Waals surface area contributed by atoms with Crippen LogP contribution in [0.2, 0.25) is 0 Å². The first-order valence-electron chi connectivity index (χ1n) is 4.78. The van der Waals surface area contributed by atoms with Crippen molar-refractivity contribution in [1.82, 2.24) is 4.90 Å². The van der Waals surface area contributed by atoms with E-state index in [1.165, 1.54) is 9.80 Å². The zero-order valence-electron chi connectivity index (χ0n) is 8.68. The molecule has 0 N–H and O–H groups in total. The van der Waals surface area contributed by atoms with Crippen molar-refractivity contribution < 1.29 is 9.59 Å². The number of imide groups is 1. The van der Waals surface area contributed by atoms with Crippen LogP contribution in [0.4, 0.5) is 10.5 Å². The first-order valence-corrected chi connectivity index (χ1v) is 4.78. The summed E-state index contributed by atoms with van der Waals surface area (Å²) in [5.74, 6) is -0.172. The van der Waals surface area contributed by atoms with Crippen LogP contribution in [0.15, 0.2) is 30.3 Å². The van der Waals surface area contributed by atoms with Crippen molar-refractivity contribution >= 4 is 17.6 Å². The number of nitrogens with zero attached hydrogens (tertiary/aromatic N) is 2. The lowest BCUT2D eigenvalue weighted by Crippen LogP contribution is -2.31. The molecule has 1 saturated heterocycles. The Morgan fingerprint density at radius 2 is 1.73 bits per heavy atom. The maximum atomic E-state index is 11.8. The average molecular weight is 204 g/mol. The zero-order chi connectivity index (χ0) is 11.0. The van der Waals surface area contributed by atoms with Gasteiger partial charge in [-0.2, -0.15) is 0 Å². The normalized spacial score (nSPS) is 21.3. The van der Waals surface area contributed by atoms with Crippen LogP contribution in [0, 0.1) is 0 Å². The molecule has 1 heterocycles. The molecule has 1 atom stereocenters. The molecule has 3 amide bonds. The van der Waals surface area contributed by atoms with Crippen LogP contribution in [-0.2, 0) is 4.79 Å². The molecule has 0 radical (unpaired) electrons. The minimum Gasteiger partial charge on any atom is -0.315 e. The summed E-state index contributed by atoms with van der Waals surface area (Å²) < 4.78 is 0. The molecule has 2 rings (SSSR count). The van der Waals surface area contributed by atoms with E-state index in [2.05, 4.69) is 0 Å². The molecule has 1 aromatic rings. The minimum atomic E-state index is -0.377. The van der Waals surface area contributed by atoms with Crippen LogP contribution in [0.5, 0.6) is 0 Å². The highest BCUT2D eigenvalue weighted by molar-refractivity contribution is 6.21. The molecule has 4 nitrogen and oxygen atoms in total. The first-order chi connectivity index (χ1) is 7.13. The molecule has 1 unspecified atom stereocenters. The van der Waals surface area contributed by atoms with Crippen LogP contribution < -0.4 is 4.90 Å². The van der Waals surface area contributed by atoms with E-state index in [1.807, 2.05) is 6.07 Å². The summed E-state index contributed by atoms with van der Waals surface area (Å²) in [5.41, 5.74) is 0.628. The molecular formula is C11H12N2O2. The molecule has 0 aromatic heterocycles. The summed E-state index contributed by atoms with van der Waals surface area (Å²) in [5, 5.41) is 0. The summed E-state index contributed by atoms with van der Waals surface area (Å²) in [4.78, 5) is 26.2. The van der Waals surface area contributed by atoms with E-state index in [9.17, 15) is 9.59 Å². The summed E-state index contributed by atoms with van der Waals surface area (Å²) in [6, 6.07) is 8.32. The molecule has 1 aliphatic heterocycles. The van der Waals surface area contributed by atoms with Crippen LogP contribution in [0.1, 0.15) is 6.92 Å². The number of hydrogen-bond donors (Lipinski definition) is 0. The summed E-state index contributed by atoms with van der Waals surface area (Å²) in [7, 11) is 1.63. The number of hydrogen-bond acceptors (Lipinski definition) is 2. The maximum absolute atomic E-state index is 11.8. The van der Waals surface area contributed by atoms with Gasteiger partial charge in [-0.15, -0.1) is 0 Å². The third-order valence-corrected chi connectivity index (χ3v) is 2.67. The monoisotopic (exact) mass is 204 g/mol. The number of urea groups is 1. The quantitative estimate of drug-likeness (QED) is 0.650. The topological polar surface area (TPSA) is 40.6 Å². The lowest BCUT2D eigenvalue weighted by Gasteiger charge is -2.13. The van der Waals surface area contributed by atoms with Crippen molar-refractivity contribution in [3.63, 3.8) is 0 Å². The Bertz CT molecular complexity index is 382. The Morgan fingerprint density at radius 1 is 1.13 bits per heavy atom. The number of rotatable bonds is 1. The lowest BCUT2D eigenvalue weighted by molar-refractivity contribution is -0.119. The molecule has 1 aliphatic rings. The molecule has 4 heteroatoms. The van der Waals surface area contributed by atoms with Gasteiger partial charge < -0.3 is 4.90 Å². The van der Waals surface area contributed by atoms with Crippen molar-refractivity contribution in [2.75, 3.05) is 11.9 Å². The van der Waals surface area contributed by atoms with E-state index in [0.717, 1.165) is 0 Å². The smallest absolute Gasteiger partial charge is 0.315 e. The Labute approximate surface area is 88.1 Å². The van der Waals surface area contributed by atoms with Gasteiger partial charge in [-0.3, -0.25) is 4.79 Å². The van der Waals surface area contributed by atoms with E-state index in [1.54, 1.807) is 38.2 Å². The van der Waals surface area contributed by atoms with Crippen LogP contribution >= 0.6 is 0 Å². The van der Waals surface area contributed by atoms with Crippen molar-refractivity contribution in [1.29, 1.82) is 0 Å². The van der Waals surface area contributed by atoms with Crippen molar-refractivity contribution in [2.45, 2.75) is 13.0 Å². The Kier molecular flexibility index (Phi) is 2.19. The fourth-order valence-electron chi connectivity index (χ4n) is 1.58. The van der Waals surface area contributed by atoms with Gasteiger partial charge in [0.05, 0.1) is 5.69 Å². The number of para-hydroxylation sites is 1. The fourth-order valence-corrected chi connectivity index (χ4v) is 1.58. The van der Waals surface area contributed by atoms with E-state index in [4.69, 9.17) is 0 Å². The molecule has 1 fully saturated rings. The van der Waals surface area contributed by atoms with Gasteiger partial charge in [0.25, 0.3) is 5.91 Å². The number of carbonyl (C=O) groups is 2. The van der Waals surface area contributed by atoms with E-state index >= 15 is 0 Å². The lowest BCUT2D eigenvalue weighted by atomic mass is 10.2. The van der Waals surface area contributed by atoms with Crippen LogP contribution in [-0.4, -0.2) is 29.9 Å². The van der Waals surface area contributed by atoms with Crippen molar-refractivity contribution in [2.24, 2.45) is 0 Å². The van der Waals surface area contributed by atoms with E-state index in [0.29, 0.717) is 5.69 Å². The van der Waals surface area contributed by atoms with Gasteiger partial charge in [0.2, 0.25) is 0 Å². The number of carbonyl (C=O) groups excluding carboxylic acids is 2. The second-order valence-corrected chi connectivity index (χ2v) is 3.58. The van der Waals surface area contributed by atoms with Gasteiger partial charge >= 0.3 is 6.03 Å². The van der Waals surface area contributed by atoms with Gasteiger partial charge in [-0.05, 0) is 19.1 Å². The standard InChI is InChI=1S/C11H12N2O2/c1-8-10(14)13(11(15)12(8)2)9-6-4-3-5-7-9/h3-8H,1-2H3. The predicted molar refractivity (Wildman–Crippen MR) is 56.5 cm³/mol. The molecule has 0 spiro atoms. The Hall–Kier alpha value is -1.84. The molecular weight excluding hydrogens is 192 g/mol.